The van der Waals surface area contributed by atoms with Gasteiger partial charge in [0.15, 0.2) is 0 Å². The quantitative estimate of drug-likeness (QED) is 0.771. The number of hydrogen-bond donors (Lipinski definition) is 2. The van der Waals surface area contributed by atoms with Gasteiger partial charge in [0.25, 0.3) is 10.0 Å². The predicted octanol–water partition coefficient (Wildman–Crippen LogP) is 1.60. The highest BCUT2D eigenvalue weighted by Crippen LogP contribution is 2.22. The summed E-state index contributed by atoms with van der Waals surface area (Å²) in [7, 11) is -3.82. The third-order valence-electron chi connectivity index (χ3n) is 2.13. The Morgan fingerprint density at radius 3 is 2.47 bits per heavy atom. The zero-order valence-corrected chi connectivity index (χ0v) is 12.3. The Kier molecular flexibility index (Phi) is 3.85. The van der Waals surface area contributed by atoms with Crippen molar-refractivity contribution >= 4 is 44.2 Å². The Morgan fingerprint density at radius 1 is 1.26 bits per heavy atom. The van der Waals surface area contributed by atoms with Gasteiger partial charge >= 0.3 is 0 Å². The highest BCUT2D eigenvalue weighted by Gasteiger charge is 2.16. The Labute approximate surface area is 122 Å². The van der Waals surface area contributed by atoms with Crippen LogP contribution in [-0.2, 0) is 10.0 Å². The molecule has 2 aromatic rings. The molecular weight excluding hydrogens is 386 g/mol. The van der Waals surface area contributed by atoms with E-state index < -0.39 is 15.8 Å². The predicted molar refractivity (Wildman–Crippen MR) is 76.4 cm³/mol. The van der Waals surface area contributed by atoms with E-state index in [1.165, 1.54) is 18.2 Å². The van der Waals surface area contributed by atoms with E-state index >= 15 is 0 Å². The van der Waals surface area contributed by atoms with E-state index in [0.717, 1.165) is 12.4 Å². The van der Waals surface area contributed by atoms with Crippen molar-refractivity contribution in [3.05, 3.63) is 40.0 Å². The van der Waals surface area contributed by atoms with Crippen molar-refractivity contribution in [1.29, 1.82) is 0 Å². The lowest BCUT2D eigenvalue weighted by atomic mass is 10.3. The number of aromatic nitrogens is 2. The Hall–Kier alpha value is -1.49. The van der Waals surface area contributed by atoms with E-state index in [-0.39, 0.29) is 16.5 Å². The second-order valence-electron chi connectivity index (χ2n) is 3.51. The number of rotatable bonds is 3. The van der Waals surface area contributed by atoms with E-state index in [9.17, 15) is 12.8 Å². The Balaban J connectivity index is 2.33. The van der Waals surface area contributed by atoms with Crippen molar-refractivity contribution in [2.45, 2.75) is 4.90 Å². The molecule has 1 heterocycles. The van der Waals surface area contributed by atoms with Crippen LogP contribution in [0.3, 0.4) is 0 Å². The van der Waals surface area contributed by atoms with Gasteiger partial charge in [-0.25, -0.2) is 22.8 Å². The molecule has 0 saturated heterocycles. The van der Waals surface area contributed by atoms with Crippen LogP contribution < -0.4 is 10.5 Å². The van der Waals surface area contributed by atoms with Crippen LogP contribution in [0.25, 0.3) is 0 Å². The van der Waals surface area contributed by atoms with E-state index in [0.29, 0.717) is 3.57 Å². The maximum absolute atomic E-state index is 12.9. The van der Waals surface area contributed by atoms with E-state index in [4.69, 9.17) is 5.73 Å². The van der Waals surface area contributed by atoms with E-state index in [1.807, 2.05) is 22.6 Å². The van der Waals surface area contributed by atoms with Crippen LogP contribution in [0.5, 0.6) is 0 Å². The minimum absolute atomic E-state index is 0.0182. The summed E-state index contributed by atoms with van der Waals surface area (Å²) < 4.78 is 39.7. The molecule has 0 unspecified atom stereocenters. The van der Waals surface area contributed by atoms with Crippen LogP contribution >= 0.6 is 22.6 Å². The minimum Gasteiger partial charge on any atom is -0.368 e. The molecule has 0 bridgehead atoms. The lowest BCUT2D eigenvalue weighted by Gasteiger charge is -2.09. The summed E-state index contributed by atoms with van der Waals surface area (Å²) in [5.74, 6) is -0.460. The van der Waals surface area contributed by atoms with Crippen LogP contribution in [0, 0.1) is 9.39 Å². The number of nitrogens with zero attached hydrogens (tertiary/aromatic N) is 2. The molecule has 0 aliphatic rings. The van der Waals surface area contributed by atoms with Crippen molar-refractivity contribution in [3.8, 4) is 0 Å². The first-order chi connectivity index (χ1) is 8.88. The minimum atomic E-state index is -3.82. The van der Waals surface area contributed by atoms with Crippen molar-refractivity contribution in [2.75, 3.05) is 10.5 Å². The van der Waals surface area contributed by atoms with E-state index in [2.05, 4.69) is 14.7 Å². The van der Waals surface area contributed by atoms with Gasteiger partial charge < -0.3 is 5.73 Å². The molecule has 19 heavy (non-hydrogen) atoms. The lowest BCUT2D eigenvalue weighted by molar-refractivity contribution is 0.600. The highest BCUT2D eigenvalue weighted by atomic mass is 127. The monoisotopic (exact) mass is 394 g/mol. The van der Waals surface area contributed by atoms with Gasteiger partial charge in [-0.3, -0.25) is 4.72 Å². The molecule has 2 rings (SSSR count). The maximum atomic E-state index is 12.9. The fourth-order valence-electron chi connectivity index (χ4n) is 1.24. The number of nitrogens with one attached hydrogen (secondary N) is 1. The standard InChI is InChI=1S/C10H8FIN4O2S/c11-6-1-2-9(8(12)3-6)16-19(17,18)7-4-14-10(13)15-5-7/h1-5,16H,(H2,13,14,15). The summed E-state index contributed by atoms with van der Waals surface area (Å²) >= 11 is 1.83. The van der Waals surface area contributed by atoms with Crippen molar-refractivity contribution in [2.24, 2.45) is 0 Å². The highest BCUT2D eigenvalue weighted by molar-refractivity contribution is 14.1. The van der Waals surface area contributed by atoms with Crippen molar-refractivity contribution in [3.63, 3.8) is 0 Å². The fraction of sp³-hybridized carbons (Fsp3) is 0. The summed E-state index contributed by atoms with van der Waals surface area (Å²) in [5, 5.41) is 0. The first-order valence-corrected chi connectivity index (χ1v) is 7.50. The van der Waals surface area contributed by atoms with Gasteiger partial charge in [-0.1, -0.05) is 0 Å². The third-order valence-corrected chi connectivity index (χ3v) is 4.35. The molecule has 0 aliphatic carbocycles. The van der Waals surface area contributed by atoms with Crippen molar-refractivity contribution in [1.82, 2.24) is 9.97 Å². The second-order valence-corrected chi connectivity index (χ2v) is 6.35. The molecule has 0 spiro atoms. The van der Waals surface area contributed by atoms with E-state index in [1.54, 1.807) is 0 Å². The Morgan fingerprint density at radius 2 is 1.89 bits per heavy atom. The van der Waals surface area contributed by atoms with Gasteiger partial charge in [0.05, 0.1) is 18.1 Å². The van der Waals surface area contributed by atoms with Crippen molar-refractivity contribution < 1.29 is 12.8 Å². The van der Waals surface area contributed by atoms with Crippen LogP contribution in [0.1, 0.15) is 0 Å². The SMILES string of the molecule is Nc1ncc(S(=O)(=O)Nc2ccc(F)cc2I)cn1. The molecule has 9 heteroatoms. The molecule has 0 fully saturated rings. The van der Waals surface area contributed by atoms with Crippen LogP contribution in [0.2, 0.25) is 0 Å². The topological polar surface area (TPSA) is 98.0 Å². The average molecular weight is 394 g/mol. The molecule has 1 aromatic heterocycles. The lowest BCUT2D eigenvalue weighted by Crippen LogP contribution is -2.14. The number of benzene rings is 1. The molecule has 6 nitrogen and oxygen atoms in total. The molecule has 0 amide bonds. The third kappa shape index (κ3) is 3.29. The number of anilines is 2. The van der Waals surface area contributed by atoms with Gasteiger partial charge in [0, 0.05) is 3.57 Å². The van der Waals surface area contributed by atoms with Gasteiger partial charge in [0.2, 0.25) is 5.95 Å². The molecule has 1 aromatic carbocycles. The number of nitrogen functional groups attached to an aromatic ring is 1. The summed E-state index contributed by atoms with van der Waals surface area (Å²) in [5.41, 5.74) is 5.56. The summed E-state index contributed by atoms with van der Waals surface area (Å²) in [6.45, 7) is 0. The second kappa shape index (κ2) is 5.25. The smallest absolute Gasteiger partial charge is 0.265 e. The molecule has 3 N–H and O–H groups in total. The molecule has 100 valence electrons. The zero-order valence-electron chi connectivity index (χ0n) is 9.34. The summed E-state index contributed by atoms with van der Waals surface area (Å²) in [6.07, 6.45) is 2.20. The molecule has 0 radical (unpaired) electrons. The first-order valence-electron chi connectivity index (χ1n) is 4.94. The van der Waals surface area contributed by atoms with Gasteiger partial charge in [-0.15, -0.1) is 0 Å². The number of nitrogens with two attached hydrogens (primary N) is 1. The molecule has 0 saturated carbocycles. The summed E-state index contributed by atoms with van der Waals surface area (Å²) in [4.78, 5) is 7.10. The largest absolute Gasteiger partial charge is 0.368 e. The normalized spacial score (nSPS) is 11.3. The number of sulfonamides is 1. The fourth-order valence-corrected chi connectivity index (χ4v) is 3.00. The first kappa shape index (κ1) is 13.9. The molecule has 0 atom stereocenters. The Bertz CT molecular complexity index is 706. The maximum Gasteiger partial charge on any atom is 0.265 e. The van der Waals surface area contributed by atoms with Gasteiger partial charge in [0.1, 0.15) is 10.7 Å². The van der Waals surface area contributed by atoms with Gasteiger partial charge in [-0.05, 0) is 40.8 Å². The number of hydrogen-bond acceptors (Lipinski definition) is 5. The van der Waals surface area contributed by atoms with Gasteiger partial charge in [-0.2, -0.15) is 0 Å². The average Bonchev–Trinajstić information content (AvgIpc) is 2.33. The van der Waals surface area contributed by atoms with Crippen LogP contribution in [-0.4, -0.2) is 18.4 Å². The summed E-state index contributed by atoms with van der Waals surface area (Å²) in [6, 6.07) is 3.73. The van der Waals surface area contributed by atoms with Crippen LogP contribution in [0.15, 0.2) is 35.5 Å². The molecular formula is C10H8FIN4O2S. The van der Waals surface area contributed by atoms with Crippen LogP contribution in [0.4, 0.5) is 16.0 Å². The zero-order chi connectivity index (χ0) is 14.0. The molecule has 0 aliphatic heterocycles. The number of halogens is 2.